The molecule has 0 amide bonds. The van der Waals surface area contributed by atoms with Crippen LogP contribution < -0.4 is 5.56 Å². The van der Waals surface area contributed by atoms with Crippen LogP contribution in [0, 0.1) is 12.7 Å². The van der Waals surface area contributed by atoms with Gasteiger partial charge in [0, 0.05) is 12.3 Å². The molecule has 6 nitrogen and oxygen atoms in total. The number of hydrogen-bond donors (Lipinski definition) is 0. The second-order valence-electron chi connectivity index (χ2n) is 6.24. The highest BCUT2D eigenvalue weighted by atomic mass is 19.1. The Morgan fingerprint density at radius 1 is 1.18 bits per heavy atom. The minimum Gasteiger partial charge on any atom is -0.453 e. The molecule has 0 radical (unpaired) electrons. The van der Waals surface area contributed by atoms with Crippen LogP contribution >= 0.6 is 0 Å². The normalized spacial score (nSPS) is 10.9. The number of ether oxygens (including phenoxy) is 1. The smallest absolute Gasteiger partial charge is 0.374 e. The number of pyridine rings is 1. The van der Waals surface area contributed by atoms with Gasteiger partial charge in [0.1, 0.15) is 23.8 Å². The summed E-state index contributed by atoms with van der Waals surface area (Å²) in [6.07, 6.45) is 1.69. The van der Waals surface area contributed by atoms with Crippen LogP contribution in [0.3, 0.4) is 0 Å². The molecule has 0 saturated heterocycles. The number of nitrogens with zero attached hydrogens (tertiary/aromatic N) is 2. The molecule has 0 aliphatic heterocycles. The lowest BCUT2D eigenvalue weighted by Gasteiger charge is -2.05. The van der Waals surface area contributed by atoms with Crippen LogP contribution in [0.5, 0.6) is 0 Å². The van der Waals surface area contributed by atoms with Crippen LogP contribution in [0.2, 0.25) is 0 Å². The van der Waals surface area contributed by atoms with Gasteiger partial charge in [0.15, 0.2) is 0 Å². The first kappa shape index (κ1) is 17.7. The Kier molecular flexibility index (Phi) is 4.49. The first-order valence-corrected chi connectivity index (χ1v) is 8.52. The molecule has 28 heavy (non-hydrogen) atoms. The topological polar surface area (TPSA) is 73.8 Å². The van der Waals surface area contributed by atoms with Crippen LogP contribution in [-0.4, -0.2) is 15.4 Å². The standard InChI is InChI=1S/C21H15FN2O4/c1-13-6-9-19-23-14(10-20(25)24(19)11-13)12-27-21(26)18-8-7-17(28-18)15-4-2-3-5-16(15)22/h2-11H,12H2,1H3. The van der Waals surface area contributed by atoms with E-state index < -0.39 is 11.8 Å². The summed E-state index contributed by atoms with van der Waals surface area (Å²) in [4.78, 5) is 28.7. The summed E-state index contributed by atoms with van der Waals surface area (Å²) in [5, 5.41) is 0. The van der Waals surface area contributed by atoms with E-state index >= 15 is 0 Å². The number of carbonyl (C=O) groups is 1. The van der Waals surface area contributed by atoms with Gasteiger partial charge in [0.05, 0.1) is 11.3 Å². The van der Waals surface area contributed by atoms with E-state index in [1.165, 1.54) is 28.7 Å². The highest BCUT2D eigenvalue weighted by Gasteiger charge is 2.16. The summed E-state index contributed by atoms with van der Waals surface area (Å²) in [5.74, 6) is -1.02. The molecule has 1 aromatic carbocycles. The third kappa shape index (κ3) is 3.42. The molecule has 7 heteroatoms. The maximum atomic E-state index is 13.8. The Balaban J connectivity index is 1.51. The molecule has 0 spiro atoms. The van der Waals surface area contributed by atoms with Crippen molar-refractivity contribution in [3.05, 3.63) is 94.0 Å². The van der Waals surface area contributed by atoms with Crippen LogP contribution in [0.1, 0.15) is 21.8 Å². The zero-order chi connectivity index (χ0) is 19.7. The number of aromatic nitrogens is 2. The van der Waals surface area contributed by atoms with E-state index in [9.17, 15) is 14.0 Å². The Morgan fingerprint density at radius 2 is 2.00 bits per heavy atom. The van der Waals surface area contributed by atoms with Crippen molar-refractivity contribution in [1.29, 1.82) is 0 Å². The molecule has 0 N–H and O–H groups in total. The van der Waals surface area contributed by atoms with Crippen LogP contribution in [0.4, 0.5) is 4.39 Å². The number of carbonyl (C=O) groups excluding carboxylic acids is 1. The summed E-state index contributed by atoms with van der Waals surface area (Å²) >= 11 is 0. The van der Waals surface area contributed by atoms with Crippen molar-refractivity contribution in [1.82, 2.24) is 9.38 Å². The van der Waals surface area contributed by atoms with Gasteiger partial charge in [0.2, 0.25) is 5.76 Å². The summed E-state index contributed by atoms with van der Waals surface area (Å²) in [6, 6.07) is 13.9. The van der Waals surface area contributed by atoms with Crippen molar-refractivity contribution in [2.45, 2.75) is 13.5 Å². The van der Waals surface area contributed by atoms with Crippen molar-refractivity contribution in [2.75, 3.05) is 0 Å². The predicted molar refractivity (Wildman–Crippen MR) is 99.4 cm³/mol. The molecule has 0 atom stereocenters. The third-order valence-electron chi connectivity index (χ3n) is 4.16. The molecule has 0 aliphatic rings. The van der Waals surface area contributed by atoms with Gasteiger partial charge in [-0.3, -0.25) is 9.20 Å². The Labute approximate surface area is 158 Å². The number of fused-ring (bicyclic) bond motifs is 1. The second kappa shape index (κ2) is 7.11. The first-order valence-electron chi connectivity index (χ1n) is 8.52. The number of rotatable bonds is 4. The van der Waals surface area contributed by atoms with Gasteiger partial charge in [0.25, 0.3) is 5.56 Å². The molecule has 140 valence electrons. The maximum Gasteiger partial charge on any atom is 0.374 e. The number of aryl methyl sites for hydroxylation is 1. The van der Waals surface area contributed by atoms with Crippen molar-refractivity contribution in [3.63, 3.8) is 0 Å². The Bertz CT molecular complexity index is 1240. The second-order valence-corrected chi connectivity index (χ2v) is 6.24. The Morgan fingerprint density at radius 3 is 2.82 bits per heavy atom. The van der Waals surface area contributed by atoms with Crippen LogP contribution in [-0.2, 0) is 11.3 Å². The average Bonchev–Trinajstić information content (AvgIpc) is 3.17. The lowest BCUT2D eigenvalue weighted by Crippen LogP contribution is -2.16. The summed E-state index contributed by atoms with van der Waals surface area (Å²) in [6.45, 7) is 1.69. The van der Waals surface area contributed by atoms with E-state index in [-0.39, 0.29) is 29.3 Å². The monoisotopic (exact) mass is 378 g/mol. The van der Waals surface area contributed by atoms with E-state index in [4.69, 9.17) is 9.15 Å². The SMILES string of the molecule is Cc1ccc2nc(COC(=O)c3ccc(-c4ccccc4F)o3)cc(=O)n2c1. The summed E-state index contributed by atoms with van der Waals surface area (Å²) in [7, 11) is 0. The molecular formula is C21H15FN2O4. The Hall–Kier alpha value is -3.74. The fraction of sp³-hybridized carbons (Fsp3) is 0.0952. The number of esters is 1. The predicted octanol–water partition coefficient (Wildman–Crippen LogP) is 3.76. The fourth-order valence-corrected chi connectivity index (χ4v) is 2.80. The van der Waals surface area contributed by atoms with Gasteiger partial charge in [-0.15, -0.1) is 0 Å². The van der Waals surface area contributed by atoms with Crippen LogP contribution in [0.25, 0.3) is 17.0 Å². The van der Waals surface area contributed by atoms with Crippen molar-refractivity contribution >= 4 is 11.6 Å². The number of furan rings is 1. The van der Waals surface area contributed by atoms with Gasteiger partial charge in [-0.2, -0.15) is 0 Å². The quantitative estimate of drug-likeness (QED) is 0.506. The molecule has 0 bridgehead atoms. The van der Waals surface area contributed by atoms with Crippen LogP contribution in [0.15, 0.2) is 70.0 Å². The molecule has 0 saturated carbocycles. The highest BCUT2D eigenvalue weighted by molar-refractivity contribution is 5.87. The zero-order valence-electron chi connectivity index (χ0n) is 14.9. The lowest BCUT2D eigenvalue weighted by molar-refractivity contribution is 0.0432. The van der Waals surface area contributed by atoms with E-state index in [2.05, 4.69) is 4.98 Å². The number of benzene rings is 1. The molecule has 0 aliphatic carbocycles. The molecule has 0 unspecified atom stereocenters. The van der Waals surface area contributed by atoms with Gasteiger partial charge in [-0.25, -0.2) is 14.2 Å². The summed E-state index contributed by atoms with van der Waals surface area (Å²) < 4.78 is 25.8. The highest BCUT2D eigenvalue weighted by Crippen LogP contribution is 2.25. The fourth-order valence-electron chi connectivity index (χ4n) is 2.80. The average molecular weight is 378 g/mol. The summed E-state index contributed by atoms with van der Waals surface area (Å²) in [5.41, 5.74) is 1.70. The van der Waals surface area contributed by atoms with E-state index in [0.29, 0.717) is 11.3 Å². The molecular weight excluding hydrogens is 363 g/mol. The van der Waals surface area contributed by atoms with Gasteiger partial charge < -0.3 is 9.15 Å². The largest absolute Gasteiger partial charge is 0.453 e. The lowest BCUT2D eigenvalue weighted by atomic mass is 10.1. The zero-order valence-corrected chi connectivity index (χ0v) is 14.9. The minimum absolute atomic E-state index is 0.0635. The molecule has 0 fully saturated rings. The van der Waals surface area contributed by atoms with Crippen molar-refractivity contribution in [3.8, 4) is 11.3 Å². The molecule has 4 aromatic rings. The third-order valence-corrected chi connectivity index (χ3v) is 4.16. The molecule has 3 heterocycles. The van der Waals surface area contributed by atoms with Gasteiger partial charge >= 0.3 is 5.97 Å². The van der Waals surface area contributed by atoms with E-state index in [1.807, 2.05) is 13.0 Å². The first-order chi connectivity index (χ1) is 13.5. The maximum absolute atomic E-state index is 13.8. The number of hydrogen-bond acceptors (Lipinski definition) is 5. The van der Waals surface area contributed by atoms with E-state index in [0.717, 1.165) is 5.56 Å². The van der Waals surface area contributed by atoms with Crippen molar-refractivity contribution < 1.29 is 18.3 Å². The number of halogens is 1. The van der Waals surface area contributed by atoms with Gasteiger partial charge in [-0.05, 0) is 42.8 Å². The van der Waals surface area contributed by atoms with Crippen molar-refractivity contribution in [2.24, 2.45) is 0 Å². The molecule has 4 rings (SSSR count). The minimum atomic E-state index is -0.728. The van der Waals surface area contributed by atoms with Gasteiger partial charge in [-0.1, -0.05) is 18.2 Å². The van der Waals surface area contributed by atoms with E-state index in [1.54, 1.807) is 30.5 Å². The molecule has 3 aromatic heterocycles.